The van der Waals surface area contributed by atoms with E-state index in [0.29, 0.717) is 28.6 Å². The van der Waals surface area contributed by atoms with E-state index in [2.05, 4.69) is 4.98 Å². The highest BCUT2D eigenvalue weighted by Gasteiger charge is 2.48. The Bertz CT molecular complexity index is 1060. The van der Waals surface area contributed by atoms with E-state index in [1.807, 2.05) is 30.3 Å². The summed E-state index contributed by atoms with van der Waals surface area (Å²) in [7, 11) is 3.17. The fraction of sp³-hybridized carbons (Fsp3) is 0.238. The van der Waals surface area contributed by atoms with Crippen molar-refractivity contribution in [3.8, 4) is 11.5 Å². The number of hydrogen-bond donors (Lipinski definition) is 1. The number of ketones is 1. The van der Waals surface area contributed by atoms with Gasteiger partial charge in [0.15, 0.2) is 5.78 Å². The molecule has 0 fully saturated rings. The summed E-state index contributed by atoms with van der Waals surface area (Å²) >= 11 is 0. The van der Waals surface area contributed by atoms with Crippen molar-refractivity contribution >= 4 is 34.0 Å². The number of methoxy groups -OCH3 is 2. The lowest BCUT2D eigenvalue weighted by atomic mass is 9.81. The quantitative estimate of drug-likeness (QED) is 0.711. The first-order valence-corrected chi connectivity index (χ1v) is 8.61. The summed E-state index contributed by atoms with van der Waals surface area (Å²) in [6.45, 7) is 3.31. The van der Waals surface area contributed by atoms with Crippen molar-refractivity contribution < 1.29 is 19.1 Å². The van der Waals surface area contributed by atoms with Crippen LogP contribution in [-0.2, 0) is 4.79 Å². The topological polar surface area (TPSA) is 71.6 Å². The Morgan fingerprint density at radius 2 is 1.56 bits per heavy atom. The van der Waals surface area contributed by atoms with Gasteiger partial charge in [0, 0.05) is 16.6 Å². The Hall–Kier alpha value is -3.28. The summed E-state index contributed by atoms with van der Waals surface area (Å²) < 4.78 is 10.5. The second-order valence-electron chi connectivity index (χ2n) is 7.05. The molecule has 2 aromatic carbocycles. The fourth-order valence-electron chi connectivity index (χ4n) is 3.45. The van der Waals surface area contributed by atoms with E-state index in [-0.39, 0.29) is 11.7 Å². The van der Waals surface area contributed by atoms with E-state index in [1.54, 1.807) is 45.1 Å². The Morgan fingerprint density at radius 3 is 2.19 bits per heavy atom. The third-order valence-corrected chi connectivity index (χ3v) is 5.07. The number of carbonyl (C=O) groups is 2. The van der Waals surface area contributed by atoms with Gasteiger partial charge in [-0.3, -0.25) is 14.5 Å². The van der Waals surface area contributed by atoms with Crippen LogP contribution in [0.5, 0.6) is 11.5 Å². The molecule has 1 aliphatic rings. The molecule has 27 heavy (non-hydrogen) atoms. The molecule has 1 aliphatic heterocycles. The SMILES string of the molecule is COc1ccc(N2C(=O)C(C)(C)C(=O)c3[nH]c4ccc(OC)cc4c32)cc1. The summed E-state index contributed by atoms with van der Waals surface area (Å²) in [5, 5.41) is 0.761. The van der Waals surface area contributed by atoms with Crippen molar-refractivity contribution in [2.45, 2.75) is 13.8 Å². The van der Waals surface area contributed by atoms with Crippen LogP contribution in [0.3, 0.4) is 0 Å². The lowest BCUT2D eigenvalue weighted by molar-refractivity contribution is -0.124. The second kappa shape index (κ2) is 5.87. The molecular formula is C21H20N2O4. The predicted octanol–water partition coefficient (Wildman–Crippen LogP) is 4.07. The standard InChI is InChI=1S/C21H20N2O4/c1-21(2)19(24)17-18(15-11-14(27-4)9-10-16(15)22-17)23(20(21)25)12-5-7-13(26-3)8-6-12/h5-11,22H,1-4H3. The van der Waals surface area contributed by atoms with Crippen LogP contribution in [0.25, 0.3) is 10.9 Å². The molecular weight excluding hydrogens is 344 g/mol. The summed E-state index contributed by atoms with van der Waals surface area (Å²) in [4.78, 5) is 31.1. The molecule has 1 amide bonds. The van der Waals surface area contributed by atoms with Gasteiger partial charge in [0.2, 0.25) is 5.91 Å². The van der Waals surface area contributed by atoms with E-state index in [0.717, 1.165) is 10.9 Å². The van der Waals surface area contributed by atoms with Crippen molar-refractivity contribution in [3.05, 3.63) is 48.2 Å². The van der Waals surface area contributed by atoms with Crippen LogP contribution >= 0.6 is 0 Å². The number of H-pyrrole nitrogens is 1. The summed E-state index contributed by atoms with van der Waals surface area (Å²) in [6.07, 6.45) is 0. The maximum absolute atomic E-state index is 13.3. The van der Waals surface area contributed by atoms with Crippen molar-refractivity contribution in [1.82, 2.24) is 4.98 Å². The van der Waals surface area contributed by atoms with Crippen molar-refractivity contribution in [1.29, 1.82) is 0 Å². The number of hydrogen-bond acceptors (Lipinski definition) is 4. The molecule has 138 valence electrons. The number of amides is 1. The molecule has 0 saturated heterocycles. The van der Waals surface area contributed by atoms with Crippen LogP contribution in [0.4, 0.5) is 11.4 Å². The third kappa shape index (κ3) is 2.40. The molecule has 0 aliphatic carbocycles. The van der Waals surface area contributed by atoms with Crippen molar-refractivity contribution in [2.75, 3.05) is 19.1 Å². The molecule has 4 rings (SSSR count). The predicted molar refractivity (Wildman–Crippen MR) is 103 cm³/mol. The van der Waals surface area contributed by atoms with Crippen molar-refractivity contribution in [3.63, 3.8) is 0 Å². The van der Waals surface area contributed by atoms with Gasteiger partial charge in [-0.1, -0.05) is 0 Å². The minimum Gasteiger partial charge on any atom is -0.497 e. The van der Waals surface area contributed by atoms with Crippen LogP contribution < -0.4 is 14.4 Å². The van der Waals surface area contributed by atoms with E-state index in [1.165, 1.54) is 0 Å². The molecule has 6 heteroatoms. The van der Waals surface area contributed by atoms with Crippen molar-refractivity contribution in [2.24, 2.45) is 5.41 Å². The lowest BCUT2D eigenvalue weighted by Crippen LogP contribution is -2.47. The number of Topliss-reactive ketones (excluding diaryl/α,β-unsaturated/α-hetero) is 1. The molecule has 6 nitrogen and oxygen atoms in total. The number of nitrogens with one attached hydrogen (secondary N) is 1. The number of benzene rings is 2. The van der Waals surface area contributed by atoms with Gasteiger partial charge >= 0.3 is 0 Å². The van der Waals surface area contributed by atoms with E-state index >= 15 is 0 Å². The zero-order chi connectivity index (χ0) is 19.3. The molecule has 3 aromatic rings. The molecule has 1 aromatic heterocycles. The lowest BCUT2D eigenvalue weighted by Gasteiger charge is -2.35. The van der Waals surface area contributed by atoms with Crippen LogP contribution in [-0.4, -0.2) is 30.9 Å². The summed E-state index contributed by atoms with van der Waals surface area (Å²) in [5.74, 6) is 0.861. The molecule has 0 bridgehead atoms. The van der Waals surface area contributed by atoms with Gasteiger partial charge in [-0.2, -0.15) is 0 Å². The van der Waals surface area contributed by atoms with Gasteiger partial charge in [0.25, 0.3) is 0 Å². The molecule has 0 spiro atoms. The van der Waals surface area contributed by atoms with E-state index in [4.69, 9.17) is 9.47 Å². The zero-order valence-corrected chi connectivity index (χ0v) is 15.6. The van der Waals surface area contributed by atoms with Gasteiger partial charge in [-0.25, -0.2) is 0 Å². The first kappa shape index (κ1) is 17.1. The number of nitrogens with zero attached hydrogens (tertiary/aromatic N) is 1. The van der Waals surface area contributed by atoms with Gasteiger partial charge in [0.05, 0.1) is 19.9 Å². The summed E-state index contributed by atoms with van der Waals surface area (Å²) in [5.41, 5.74) is 1.27. The highest BCUT2D eigenvalue weighted by molar-refractivity contribution is 6.29. The number of aromatic nitrogens is 1. The van der Waals surface area contributed by atoms with Gasteiger partial charge < -0.3 is 14.5 Å². The van der Waals surface area contributed by atoms with Crippen LogP contribution in [0.1, 0.15) is 24.3 Å². The molecule has 0 atom stereocenters. The fourth-order valence-corrected chi connectivity index (χ4v) is 3.45. The number of carbonyl (C=O) groups excluding carboxylic acids is 2. The monoisotopic (exact) mass is 364 g/mol. The van der Waals surface area contributed by atoms with Gasteiger partial charge in [-0.15, -0.1) is 0 Å². The Kier molecular flexibility index (Phi) is 3.73. The van der Waals surface area contributed by atoms with E-state index in [9.17, 15) is 9.59 Å². The van der Waals surface area contributed by atoms with Crippen LogP contribution in [0, 0.1) is 5.41 Å². The van der Waals surface area contributed by atoms with Crippen LogP contribution in [0.15, 0.2) is 42.5 Å². The maximum atomic E-state index is 13.3. The molecule has 0 radical (unpaired) electrons. The van der Waals surface area contributed by atoms with E-state index < -0.39 is 5.41 Å². The van der Waals surface area contributed by atoms with Gasteiger partial charge in [-0.05, 0) is 56.3 Å². The normalized spacial score (nSPS) is 15.8. The first-order valence-electron chi connectivity index (χ1n) is 8.61. The smallest absolute Gasteiger partial charge is 0.245 e. The molecule has 1 N–H and O–H groups in total. The minimum absolute atomic E-state index is 0.220. The number of ether oxygens (including phenoxy) is 2. The summed E-state index contributed by atoms with van der Waals surface area (Å²) in [6, 6.07) is 12.7. The molecule has 2 heterocycles. The highest BCUT2D eigenvalue weighted by Crippen LogP contribution is 2.46. The minimum atomic E-state index is -1.17. The van der Waals surface area contributed by atoms with Crippen LogP contribution in [0.2, 0.25) is 0 Å². The largest absolute Gasteiger partial charge is 0.497 e. The maximum Gasteiger partial charge on any atom is 0.245 e. The first-order chi connectivity index (χ1) is 12.9. The third-order valence-electron chi connectivity index (χ3n) is 5.07. The number of anilines is 2. The molecule has 0 unspecified atom stereocenters. The zero-order valence-electron chi connectivity index (χ0n) is 15.6. The average molecular weight is 364 g/mol. The Labute approximate surface area is 156 Å². The highest BCUT2D eigenvalue weighted by atomic mass is 16.5. The Balaban J connectivity index is 2.01. The molecule has 0 saturated carbocycles. The number of fused-ring (bicyclic) bond motifs is 3. The van der Waals surface area contributed by atoms with Gasteiger partial charge in [0.1, 0.15) is 22.6 Å². The Morgan fingerprint density at radius 1 is 0.926 bits per heavy atom. The number of rotatable bonds is 3. The average Bonchev–Trinajstić information content (AvgIpc) is 3.05. The number of aromatic amines is 1. The second-order valence-corrected chi connectivity index (χ2v) is 7.05.